The summed E-state index contributed by atoms with van der Waals surface area (Å²) >= 11 is 0. The number of fused-ring (bicyclic) bond motifs is 1. The van der Waals surface area contributed by atoms with Gasteiger partial charge in [-0.2, -0.15) is 0 Å². The van der Waals surface area contributed by atoms with Gasteiger partial charge in [0, 0.05) is 32.9 Å². The Kier molecular flexibility index (Phi) is 5.00. The number of anilines is 1. The number of carbonyl (C=O) groups excluding carboxylic acids is 1. The highest BCUT2D eigenvalue weighted by Crippen LogP contribution is 2.38. The molecule has 0 N–H and O–H groups in total. The minimum atomic E-state index is -0.519. The third-order valence-electron chi connectivity index (χ3n) is 5.75. The molecule has 6 nitrogen and oxygen atoms in total. The van der Waals surface area contributed by atoms with Crippen molar-refractivity contribution in [3.63, 3.8) is 0 Å². The molecule has 2 aliphatic rings. The Balaban J connectivity index is 1.95. The van der Waals surface area contributed by atoms with Crippen molar-refractivity contribution in [3.8, 4) is 0 Å². The Labute approximate surface area is 169 Å². The fourth-order valence-electron chi connectivity index (χ4n) is 3.42. The topological polar surface area (TPSA) is 51.2 Å². The number of benzene rings is 1. The zero-order valence-electron chi connectivity index (χ0n) is 18.7. The fourth-order valence-corrected chi connectivity index (χ4v) is 3.42. The van der Waals surface area contributed by atoms with Gasteiger partial charge in [0.05, 0.1) is 11.2 Å². The first-order chi connectivity index (χ1) is 12.7. The maximum absolute atomic E-state index is 12.6. The summed E-state index contributed by atoms with van der Waals surface area (Å²) in [6.45, 7) is 14.9. The molecule has 0 atom stereocenters. The second-order valence-electron chi connectivity index (χ2n) is 9.99. The Morgan fingerprint density at radius 1 is 1.11 bits per heavy atom. The molecule has 0 radical (unpaired) electrons. The average molecular weight is 388 g/mol. The summed E-state index contributed by atoms with van der Waals surface area (Å²) in [4.78, 5) is 16.4. The van der Waals surface area contributed by atoms with Crippen molar-refractivity contribution in [1.29, 1.82) is 0 Å². The molecule has 0 unspecified atom stereocenters. The number of amides is 1. The number of ether oxygens (including phenoxy) is 1. The van der Waals surface area contributed by atoms with Crippen LogP contribution in [0.2, 0.25) is 0 Å². The first-order valence-corrected chi connectivity index (χ1v) is 9.87. The number of hydrogen-bond donors (Lipinski definition) is 0. The van der Waals surface area contributed by atoms with Gasteiger partial charge in [0.1, 0.15) is 5.60 Å². The van der Waals surface area contributed by atoms with Gasteiger partial charge in [-0.05, 0) is 77.2 Å². The molecule has 1 amide bonds. The van der Waals surface area contributed by atoms with Gasteiger partial charge in [-0.25, -0.2) is 4.79 Å². The molecule has 2 heterocycles. The zero-order valence-corrected chi connectivity index (χ0v) is 18.7. The number of nitrogens with zero attached hydrogens (tertiary/aromatic N) is 2. The minimum absolute atomic E-state index is 0.296. The van der Waals surface area contributed by atoms with Crippen molar-refractivity contribution >= 4 is 24.4 Å². The number of rotatable bonds is 2. The van der Waals surface area contributed by atoms with Crippen molar-refractivity contribution in [2.75, 3.05) is 19.0 Å². The highest BCUT2D eigenvalue weighted by molar-refractivity contribution is 6.62. The van der Waals surface area contributed by atoms with E-state index in [1.807, 2.05) is 34.9 Å². The Bertz CT molecular complexity index is 767. The molecule has 7 heteroatoms. The van der Waals surface area contributed by atoms with E-state index in [0.29, 0.717) is 13.1 Å². The molecule has 2 aliphatic heterocycles. The van der Waals surface area contributed by atoms with E-state index in [2.05, 4.69) is 44.7 Å². The summed E-state index contributed by atoms with van der Waals surface area (Å²) < 4.78 is 18.2. The maximum atomic E-state index is 12.6. The van der Waals surface area contributed by atoms with E-state index in [-0.39, 0.29) is 6.09 Å². The minimum Gasteiger partial charge on any atom is -0.444 e. The lowest BCUT2D eigenvalue weighted by Gasteiger charge is -2.32. The highest BCUT2D eigenvalue weighted by Gasteiger charge is 2.52. The first kappa shape index (κ1) is 21.0. The summed E-state index contributed by atoms with van der Waals surface area (Å²) in [5.41, 5.74) is 2.91. The van der Waals surface area contributed by atoms with Crippen LogP contribution in [0, 0.1) is 0 Å². The van der Waals surface area contributed by atoms with Crippen molar-refractivity contribution in [2.45, 2.75) is 78.4 Å². The van der Waals surface area contributed by atoms with Gasteiger partial charge in [-0.3, -0.25) is 4.90 Å². The molecule has 28 heavy (non-hydrogen) atoms. The maximum Gasteiger partial charge on any atom is 0.495 e. The van der Waals surface area contributed by atoms with E-state index in [1.165, 1.54) is 0 Å². The SMILES string of the molecule is CN(C)c1cc2c(c(B3OC(C)(C)C(C)(C)O3)c1)CN(C(=O)OC(C)(C)C)C2. The van der Waals surface area contributed by atoms with E-state index in [1.54, 1.807) is 4.90 Å². The van der Waals surface area contributed by atoms with E-state index in [0.717, 1.165) is 22.3 Å². The molecule has 154 valence electrons. The Morgan fingerprint density at radius 3 is 2.18 bits per heavy atom. The lowest BCUT2D eigenvalue weighted by molar-refractivity contribution is 0.00578. The summed E-state index contributed by atoms with van der Waals surface area (Å²) in [7, 11) is 3.56. The molecule has 0 aliphatic carbocycles. The molecule has 3 rings (SSSR count). The Morgan fingerprint density at radius 2 is 1.68 bits per heavy atom. The summed E-state index contributed by atoms with van der Waals surface area (Å²) in [5, 5.41) is 0. The third-order valence-corrected chi connectivity index (χ3v) is 5.75. The fraction of sp³-hybridized carbons (Fsp3) is 0.667. The van der Waals surface area contributed by atoms with Gasteiger partial charge in [0.2, 0.25) is 0 Å². The lowest BCUT2D eigenvalue weighted by atomic mass is 9.74. The van der Waals surface area contributed by atoms with Crippen LogP contribution in [0.15, 0.2) is 12.1 Å². The molecule has 1 aromatic carbocycles. The van der Waals surface area contributed by atoms with Crippen molar-refractivity contribution < 1.29 is 18.8 Å². The van der Waals surface area contributed by atoms with Crippen LogP contribution in [0.4, 0.5) is 10.5 Å². The molecule has 1 saturated heterocycles. The molecule has 1 aromatic rings. The lowest BCUT2D eigenvalue weighted by Crippen LogP contribution is -2.41. The molecular formula is C21H33BN2O4. The molecular weight excluding hydrogens is 355 g/mol. The van der Waals surface area contributed by atoms with Gasteiger partial charge in [-0.15, -0.1) is 0 Å². The molecule has 0 saturated carbocycles. The molecule has 0 bridgehead atoms. The molecule has 1 fully saturated rings. The predicted octanol–water partition coefficient (Wildman–Crippen LogP) is 3.30. The van der Waals surface area contributed by atoms with Gasteiger partial charge in [0.15, 0.2) is 0 Å². The van der Waals surface area contributed by atoms with Crippen molar-refractivity contribution in [1.82, 2.24) is 4.90 Å². The van der Waals surface area contributed by atoms with E-state index >= 15 is 0 Å². The summed E-state index contributed by atoms with van der Waals surface area (Å²) in [5.74, 6) is 0. The van der Waals surface area contributed by atoms with Gasteiger partial charge in [0.25, 0.3) is 0 Å². The summed E-state index contributed by atoms with van der Waals surface area (Å²) in [6, 6.07) is 4.24. The number of carbonyl (C=O) groups is 1. The van der Waals surface area contributed by atoms with Gasteiger partial charge < -0.3 is 18.9 Å². The van der Waals surface area contributed by atoms with Crippen molar-refractivity contribution in [3.05, 3.63) is 23.3 Å². The van der Waals surface area contributed by atoms with Crippen LogP contribution in [-0.4, -0.2) is 49.0 Å². The van der Waals surface area contributed by atoms with Crippen LogP contribution in [0.25, 0.3) is 0 Å². The third kappa shape index (κ3) is 3.87. The second kappa shape index (κ2) is 6.66. The highest BCUT2D eigenvalue weighted by atomic mass is 16.7. The van der Waals surface area contributed by atoms with Gasteiger partial charge >= 0.3 is 13.2 Å². The van der Waals surface area contributed by atoms with Gasteiger partial charge in [-0.1, -0.05) is 0 Å². The monoisotopic (exact) mass is 388 g/mol. The van der Waals surface area contributed by atoms with Crippen LogP contribution in [-0.2, 0) is 27.1 Å². The second-order valence-corrected chi connectivity index (χ2v) is 9.99. The zero-order chi connectivity index (χ0) is 21.1. The Hall–Kier alpha value is -1.73. The summed E-state index contributed by atoms with van der Waals surface area (Å²) in [6.07, 6.45) is -0.296. The average Bonchev–Trinajstić information content (AvgIpc) is 3.03. The van der Waals surface area contributed by atoms with E-state index < -0.39 is 23.9 Å². The normalized spacial score (nSPS) is 20.3. The smallest absolute Gasteiger partial charge is 0.444 e. The number of hydrogen-bond acceptors (Lipinski definition) is 5. The molecule has 0 aromatic heterocycles. The first-order valence-electron chi connectivity index (χ1n) is 9.87. The molecule has 0 spiro atoms. The van der Waals surface area contributed by atoms with E-state index in [4.69, 9.17) is 14.0 Å². The van der Waals surface area contributed by atoms with Crippen LogP contribution in [0.1, 0.15) is 59.6 Å². The van der Waals surface area contributed by atoms with E-state index in [9.17, 15) is 4.79 Å². The standard InChI is InChI=1S/C21H33BN2O4/c1-19(2,3)26-18(25)24-12-14-10-15(23(8)9)11-17(16(14)13-24)22-27-20(4,5)21(6,7)28-22/h10-11H,12-13H2,1-9H3. The largest absolute Gasteiger partial charge is 0.495 e. The predicted molar refractivity (Wildman–Crippen MR) is 112 cm³/mol. The van der Waals surface area contributed by atoms with Crippen LogP contribution in [0.3, 0.4) is 0 Å². The van der Waals surface area contributed by atoms with Crippen LogP contribution >= 0.6 is 0 Å². The van der Waals surface area contributed by atoms with Crippen LogP contribution < -0.4 is 10.4 Å². The van der Waals surface area contributed by atoms with Crippen LogP contribution in [0.5, 0.6) is 0 Å². The van der Waals surface area contributed by atoms with Crippen molar-refractivity contribution in [2.24, 2.45) is 0 Å². The quantitative estimate of drug-likeness (QED) is 0.728.